The fourth-order valence-corrected chi connectivity index (χ4v) is 3.49. The van der Waals surface area contributed by atoms with Crippen molar-refractivity contribution in [2.24, 2.45) is 0 Å². The van der Waals surface area contributed by atoms with Gasteiger partial charge in [0.25, 0.3) is 5.91 Å². The van der Waals surface area contributed by atoms with Crippen LogP contribution in [0.3, 0.4) is 0 Å². The number of carbonyl (C=O) groups excluding carboxylic acids is 3. The maximum atomic E-state index is 13.0. The molecule has 2 N–H and O–H groups in total. The van der Waals surface area contributed by atoms with Crippen LogP contribution in [0.4, 0.5) is 4.79 Å². The Labute approximate surface area is 166 Å². The SMILES string of the molecule is CC[C@]1(C(=O)NCc2ccc(C(=O)NC)cc2)CCCN1C(=O)OC(C)(C)C. The van der Waals surface area contributed by atoms with Gasteiger partial charge in [-0.05, 0) is 57.7 Å². The summed E-state index contributed by atoms with van der Waals surface area (Å²) in [5.41, 5.74) is -0.0458. The number of ether oxygens (including phenoxy) is 1. The second-order valence-electron chi connectivity index (χ2n) is 8.08. The highest BCUT2D eigenvalue weighted by molar-refractivity contribution is 5.94. The Balaban J connectivity index is 2.07. The Hall–Kier alpha value is -2.57. The van der Waals surface area contributed by atoms with Crippen molar-refractivity contribution in [1.29, 1.82) is 0 Å². The Bertz CT molecular complexity index is 724. The average Bonchev–Trinajstić information content (AvgIpc) is 3.10. The Morgan fingerprint density at radius 1 is 1.18 bits per heavy atom. The first kappa shape index (κ1) is 21.7. The van der Waals surface area contributed by atoms with E-state index in [4.69, 9.17) is 4.74 Å². The minimum Gasteiger partial charge on any atom is -0.444 e. The molecule has 1 saturated heterocycles. The summed E-state index contributed by atoms with van der Waals surface area (Å²) < 4.78 is 5.51. The lowest BCUT2D eigenvalue weighted by Crippen LogP contribution is -2.57. The van der Waals surface area contributed by atoms with E-state index in [0.29, 0.717) is 31.5 Å². The van der Waals surface area contributed by atoms with Crippen LogP contribution >= 0.6 is 0 Å². The predicted octanol–water partition coefficient (Wildman–Crippen LogP) is 2.84. The molecule has 1 aromatic rings. The fourth-order valence-electron chi connectivity index (χ4n) is 3.49. The summed E-state index contributed by atoms with van der Waals surface area (Å²) in [5.74, 6) is -0.326. The van der Waals surface area contributed by atoms with Crippen molar-refractivity contribution in [3.05, 3.63) is 35.4 Å². The summed E-state index contributed by atoms with van der Waals surface area (Å²) in [6, 6.07) is 7.06. The van der Waals surface area contributed by atoms with E-state index in [1.807, 2.05) is 39.8 Å². The monoisotopic (exact) mass is 389 g/mol. The van der Waals surface area contributed by atoms with Crippen LogP contribution in [0.15, 0.2) is 24.3 Å². The van der Waals surface area contributed by atoms with Gasteiger partial charge in [-0.2, -0.15) is 0 Å². The zero-order chi connectivity index (χ0) is 20.9. The first-order chi connectivity index (χ1) is 13.1. The standard InChI is InChI=1S/C21H31N3O4/c1-6-21(12-7-13-24(21)19(27)28-20(2,3)4)18(26)23-14-15-8-10-16(11-9-15)17(25)22-5/h8-11H,6-7,12-14H2,1-5H3,(H,22,25)(H,23,26)/t21-/m1/s1. The number of nitrogens with one attached hydrogen (secondary N) is 2. The zero-order valence-corrected chi connectivity index (χ0v) is 17.4. The number of amides is 3. The molecule has 1 fully saturated rings. The lowest BCUT2D eigenvalue weighted by atomic mass is 9.91. The quantitative estimate of drug-likeness (QED) is 0.811. The molecule has 0 aliphatic carbocycles. The average molecular weight is 389 g/mol. The van der Waals surface area contributed by atoms with Crippen LogP contribution in [0.5, 0.6) is 0 Å². The van der Waals surface area contributed by atoms with Crippen molar-refractivity contribution < 1.29 is 19.1 Å². The summed E-state index contributed by atoms with van der Waals surface area (Å²) >= 11 is 0. The van der Waals surface area contributed by atoms with Gasteiger partial charge < -0.3 is 15.4 Å². The molecule has 0 radical (unpaired) electrons. The normalized spacial score (nSPS) is 19.2. The van der Waals surface area contributed by atoms with Gasteiger partial charge in [-0.15, -0.1) is 0 Å². The third kappa shape index (κ3) is 4.82. The highest BCUT2D eigenvalue weighted by Crippen LogP contribution is 2.34. The molecule has 1 aliphatic rings. The van der Waals surface area contributed by atoms with Gasteiger partial charge in [0.1, 0.15) is 11.1 Å². The third-order valence-corrected chi connectivity index (χ3v) is 5.01. The van der Waals surface area contributed by atoms with Crippen LogP contribution in [0.1, 0.15) is 62.9 Å². The van der Waals surface area contributed by atoms with E-state index < -0.39 is 17.2 Å². The van der Waals surface area contributed by atoms with Crippen molar-refractivity contribution in [3.63, 3.8) is 0 Å². The molecular formula is C21H31N3O4. The van der Waals surface area contributed by atoms with Crippen LogP contribution in [0.25, 0.3) is 0 Å². The molecule has 3 amide bonds. The molecule has 28 heavy (non-hydrogen) atoms. The molecule has 2 rings (SSSR count). The van der Waals surface area contributed by atoms with Gasteiger partial charge in [0.2, 0.25) is 5.91 Å². The molecule has 0 aromatic heterocycles. The smallest absolute Gasteiger partial charge is 0.411 e. The molecule has 1 aromatic carbocycles. The molecule has 0 spiro atoms. The summed E-state index contributed by atoms with van der Waals surface area (Å²) in [7, 11) is 1.58. The Kier molecular flexibility index (Phi) is 6.69. The molecular weight excluding hydrogens is 358 g/mol. The summed E-state index contributed by atoms with van der Waals surface area (Å²) in [6.45, 7) is 8.21. The summed E-state index contributed by atoms with van der Waals surface area (Å²) in [4.78, 5) is 38.9. The molecule has 1 aliphatic heterocycles. The van der Waals surface area contributed by atoms with E-state index in [2.05, 4.69) is 10.6 Å². The minimum absolute atomic E-state index is 0.153. The summed E-state index contributed by atoms with van der Waals surface area (Å²) in [6.07, 6.45) is 1.45. The van der Waals surface area contributed by atoms with Gasteiger partial charge in [-0.25, -0.2) is 4.79 Å². The van der Waals surface area contributed by atoms with Crippen LogP contribution in [-0.4, -0.2) is 47.5 Å². The van der Waals surface area contributed by atoms with Gasteiger partial charge in [0.05, 0.1) is 0 Å². The number of carbonyl (C=O) groups is 3. The second-order valence-corrected chi connectivity index (χ2v) is 8.08. The van der Waals surface area contributed by atoms with Crippen LogP contribution in [0.2, 0.25) is 0 Å². The topological polar surface area (TPSA) is 87.7 Å². The maximum Gasteiger partial charge on any atom is 0.411 e. The first-order valence-corrected chi connectivity index (χ1v) is 9.73. The van der Waals surface area contributed by atoms with Crippen molar-refractivity contribution in [3.8, 4) is 0 Å². The van der Waals surface area contributed by atoms with E-state index in [1.54, 1.807) is 24.1 Å². The zero-order valence-electron chi connectivity index (χ0n) is 17.4. The van der Waals surface area contributed by atoms with Crippen molar-refractivity contribution >= 4 is 17.9 Å². The van der Waals surface area contributed by atoms with Gasteiger partial charge in [-0.1, -0.05) is 19.1 Å². The largest absolute Gasteiger partial charge is 0.444 e. The van der Waals surface area contributed by atoms with Crippen LogP contribution in [0, 0.1) is 0 Å². The number of nitrogens with zero attached hydrogens (tertiary/aromatic N) is 1. The van der Waals surface area contributed by atoms with Crippen molar-refractivity contribution in [1.82, 2.24) is 15.5 Å². The highest BCUT2D eigenvalue weighted by atomic mass is 16.6. The minimum atomic E-state index is -0.885. The number of hydrogen-bond donors (Lipinski definition) is 2. The number of likely N-dealkylation sites (tertiary alicyclic amines) is 1. The van der Waals surface area contributed by atoms with Crippen LogP contribution < -0.4 is 10.6 Å². The molecule has 154 valence electrons. The molecule has 0 unspecified atom stereocenters. The van der Waals surface area contributed by atoms with E-state index in [0.717, 1.165) is 12.0 Å². The number of hydrogen-bond acceptors (Lipinski definition) is 4. The van der Waals surface area contributed by atoms with E-state index in [1.165, 1.54) is 0 Å². The van der Waals surface area contributed by atoms with E-state index in [9.17, 15) is 14.4 Å². The van der Waals surface area contributed by atoms with Gasteiger partial charge in [0.15, 0.2) is 0 Å². The maximum absolute atomic E-state index is 13.0. The van der Waals surface area contributed by atoms with E-state index in [-0.39, 0.29) is 11.8 Å². The Morgan fingerprint density at radius 2 is 1.82 bits per heavy atom. The number of rotatable bonds is 5. The molecule has 1 atom stereocenters. The van der Waals surface area contributed by atoms with Crippen LogP contribution in [-0.2, 0) is 16.1 Å². The van der Waals surface area contributed by atoms with Crippen molar-refractivity contribution in [2.75, 3.05) is 13.6 Å². The predicted molar refractivity (Wildman–Crippen MR) is 107 cm³/mol. The Morgan fingerprint density at radius 3 is 2.36 bits per heavy atom. The molecule has 0 bridgehead atoms. The third-order valence-electron chi connectivity index (χ3n) is 5.01. The molecule has 0 saturated carbocycles. The molecule has 7 heteroatoms. The number of benzene rings is 1. The first-order valence-electron chi connectivity index (χ1n) is 9.73. The molecule has 1 heterocycles. The summed E-state index contributed by atoms with van der Waals surface area (Å²) in [5, 5.41) is 5.53. The lowest BCUT2D eigenvalue weighted by molar-refractivity contribution is -0.132. The van der Waals surface area contributed by atoms with Gasteiger partial charge >= 0.3 is 6.09 Å². The lowest BCUT2D eigenvalue weighted by Gasteiger charge is -2.37. The van der Waals surface area contributed by atoms with Gasteiger partial charge in [-0.3, -0.25) is 14.5 Å². The fraction of sp³-hybridized carbons (Fsp3) is 0.571. The molecule has 7 nitrogen and oxygen atoms in total. The van der Waals surface area contributed by atoms with E-state index >= 15 is 0 Å². The highest BCUT2D eigenvalue weighted by Gasteiger charge is 2.49. The second kappa shape index (κ2) is 8.63. The van der Waals surface area contributed by atoms with Gasteiger partial charge in [0, 0.05) is 25.7 Å². The van der Waals surface area contributed by atoms with Crippen molar-refractivity contribution in [2.45, 2.75) is 64.6 Å².